The van der Waals surface area contributed by atoms with E-state index in [9.17, 15) is 18.0 Å². The second kappa shape index (κ2) is 8.71. The standard InChI is InChI=1S/C19H20F3NO3/c1-26-17-14(6-4-8-16(17)19(20,21)22)10-12-23-11-9-13-5-2-3-7-15(13)18(24)25/h2-8,23H,9-12H2,1H3,(H,24,25). The summed E-state index contributed by atoms with van der Waals surface area (Å²) in [7, 11) is 1.23. The Morgan fingerprint density at radius 3 is 2.27 bits per heavy atom. The van der Waals surface area contributed by atoms with Gasteiger partial charge in [-0.2, -0.15) is 13.2 Å². The summed E-state index contributed by atoms with van der Waals surface area (Å²) in [5, 5.41) is 12.3. The molecule has 2 rings (SSSR count). The molecule has 0 amide bonds. The van der Waals surface area contributed by atoms with Gasteiger partial charge in [0.15, 0.2) is 0 Å². The minimum absolute atomic E-state index is 0.155. The van der Waals surface area contributed by atoms with E-state index in [2.05, 4.69) is 5.32 Å². The Bertz CT molecular complexity index is 760. The molecular formula is C19H20F3NO3. The summed E-state index contributed by atoms with van der Waals surface area (Å²) in [6.45, 7) is 0.971. The lowest BCUT2D eigenvalue weighted by Crippen LogP contribution is -2.21. The maximum atomic E-state index is 13.0. The number of para-hydroxylation sites is 1. The molecule has 0 aliphatic heterocycles. The maximum absolute atomic E-state index is 13.0. The van der Waals surface area contributed by atoms with Gasteiger partial charge in [-0.1, -0.05) is 30.3 Å². The van der Waals surface area contributed by atoms with E-state index in [-0.39, 0.29) is 11.3 Å². The molecule has 0 aliphatic carbocycles. The number of rotatable bonds is 8. The highest BCUT2D eigenvalue weighted by Gasteiger charge is 2.34. The molecule has 0 fully saturated rings. The van der Waals surface area contributed by atoms with E-state index in [0.29, 0.717) is 37.1 Å². The van der Waals surface area contributed by atoms with Crippen molar-refractivity contribution in [3.63, 3.8) is 0 Å². The van der Waals surface area contributed by atoms with Gasteiger partial charge >= 0.3 is 12.1 Å². The Hall–Kier alpha value is -2.54. The van der Waals surface area contributed by atoms with Crippen LogP contribution in [0.25, 0.3) is 0 Å². The third-order valence-corrected chi connectivity index (χ3v) is 4.00. The molecule has 0 bridgehead atoms. The van der Waals surface area contributed by atoms with Gasteiger partial charge in [-0.15, -0.1) is 0 Å². The van der Waals surface area contributed by atoms with E-state index in [4.69, 9.17) is 9.84 Å². The number of nitrogens with one attached hydrogen (secondary N) is 1. The van der Waals surface area contributed by atoms with Crippen molar-refractivity contribution in [1.82, 2.24) is 5.32 Å². The molecule has 7 heteroatoms. The van der Waals surface area contributed by atoms with Gasteiger partial charge in [0.2, 0.25) is 0 Å². The second-order valence-electron chi connectivity index (χ2n) is 5.71. The first-order chi connectivity index (χ1) is 12.3. The summed E-state index contributed by atoms with van der Waals surface area (Å²) in [4.78, 5) is 11.2. The summed E-state index contributed by atoms with van der Waals surface area (Å²) in [5.41, 5.74) is 0.659. The molecular weight excluding hydrogens is 347 g/mol. The zero-order valence-electron chi connectivity index (χ0n) is 14.3. The SMILES string of the molecule is COc1c(CCNCCc2ccccc2C(=O)O)cccc1C(F)(F)F. The van der Waals surface area contributed by atoms with Crippen LogP contribution in [0.1, 0.15) is 27.0 Å². The Morgan fingerprint density at radius 1 is 1.04 bits per heavy atom. The lowest BCUT2D eigenvalue weighted by Gasteiger charge is -2.16. The lowest BCUT2D eigenvalue weighted by atomic mass is 10.0. The Balaban J connectivity index is 1.92. The van der Waals surface area contributed by atoms with E-state index in [1.54, 1.807) is 30.3 Å². The van der Waals surface area contributed by atoms with Crippen LogP contribution in [-0.4, -0.2) is 31.3 Å². The highest BCUT2D eigenvalue weighted by Crippen LogP contribution is 2.38. The number of benzene rings is 2. The van der Waals surface area contributed by atoms with Crippen LogP contribution >= 0.6 is 0 Å². The fourth-order valence-corrected chi connectivity index (χ4v) is 2.76. The summed E-state index contributed by atoms with van der Waals surface area (Å²) in [6.07, 6.45) is -3.58. The van der Waals surface area contributed by atoms with Crippen LogP contribution < -0.4 is 10.1 Å². The average molecular weight is 367 g/mol. The van der Waals surface area contributed by atoms with E-state index in [0.717, 1.165) is 6.07 Å². The number of carboxylic acids is 1. The van der Waals surface area contributed by atoms with E-state index >= 15 is 0 Å². The number of hydrogen-bond donors (Lipinski definition) is 2. The van der Waals surface area contributed by atoms with Gasteiger partial charge < -0.3 is 15.2 Å². The third-order valence-electron chi connectivity index (χ3n) is 4.00. The van der Waals surface area contributed by atoms with Crippen molar-refractivity contribution in [3.05, 3.63) is 64.7 Å². The van der Waals surface area contributed by atoms with Crippen LogP contribution in [0.3, 0.4) is 0 Å². The average Bonchev–Trinajstić information content (AvgIpc) is 2.60. The van der Waals surface area contributed by atoms with Crippen molar-refractivity contribution < 1.29 is 27.8 Å². The molecule has 2 aromatic rings. The Labute approximate surface area is 149 Å². The molecule has 0 spiro atoms. The van der Waals surface area contributed by atoms with Crippen LogP contribution in [0.5, 0.6) is 5.75 Å². The smallest absolute Gasteiger partial charge is 0.419 e. The first kappa shape index (κ1) is 19.8. The van der Waals surface area contributed by atoms with Crippen molar-refractivity contribution in [2.24, 2.45) is 0 Å². The van der Waals surface area contributed by atoms with Gasteiger partial charge in [0, 0.05) is 0 Å². The third kappa shape index (κ3) is 4.98. The molecule has 140 valence electrons. The Kier molecular flexibility index (Phi) is 6.63. The number of aromatic carboxylic acids is 1. The molecule has 0 saturated heterocycles. The van der Waals surface area contributed by atoms with Gasteiger partial charge in [-0.05, 0) is 49.2 Å². The second-order valence-corrected chi connectivity index (χ2v) is 5.71. The largest absolute Gasteiger partial charge is 0.496 e. The van der Waals surface area contributed by atoms with Gasteiger partial charge in [-0.3, -0.25) is 0 Å². The monoisotopic (exact) mass is 367 g/mol. The highest BCUT2D eigenvalue weighted by atomic mass is 19.4. The molecule has 0 atom stereocenters. The molecule has 0 aliphatic rings. The lowest BCUT2D eigenvalue weighted by molar-refractivity contribution is -0.138. The van der Waals surface area contributed by atoms with Crippen molar-refractivity contribution in [2.75, 3.05) is 20.2 Å². The van der Waals surface area contributed by atoms with Gasteiger partial charge in [0.25, 0.3) is 0 Å². The van der Waals surface area contributed by atoms with Crippen molar-refractivity contribution in [3.8, 4) is 5.75 Å². The van der Waals surface area contributed by atoms with Crippen molar-refractivity contribution in [2.45, 2.75) is 19.0 Å². The normalized spacial score (nSPS) is 11.4. The Morgan fingerprint density at radius 2 is 1.65 bits per heavy atom. The number of hydrogen-bond acceptors (Lipinski definition) is 3. The summed E-state index contributed by atoms with van der Waals surface area (Å²) in [5.74, 6) is -1.13. The van der Waals surface area contributed by atoms with Gasteiger partial charge in [-0.25, -0.2) is 4.79 Å². The first-order valence-corrected chi connectivity index (χ1v) is 8.09. The van der Waals surface area contributed by atoms with E-state index < -0.39 is 17.7 Å². The van der Waals surface area contributed by atoms with Crippen LogP contribution in [0, 0.1) is 0 Å². The molecule has 4 nitrogen and oxygen atoms in total. The van der Waals surface area contributed by atoms with Crippen molar-refractivity contribution in [1.29, 1.82) is 0 Å². The number of halogens is 3. The number of carbonyl (C=O) groups is 1. The predicted molar refractivity (Wildman–Crippen MR) is 91.7 cm³/mol. The fraction of sp³-hybridized carbons (Fsp3) is 0.316. The first-order valence-electron chi connectivity index (χ1n) is 8.09. The van der Waals surface area contributed by atoms with Gasteiger partial charge in [0.1, 0.15) is 5.75 Å². The van der Waals surface area contributed by atoms with Crippen molar-refractivity contribution >= 4 is 5.97 Å². The number of methoxy groups -OCH3 is 1. The van der Waals surface area contributed by atoms with E-state index in [1.807, 2.05) is 0 Å². The zero-order valence-corrected chi connectivity index (χ0v) is 14.3. The number of alkyl halides is 3. The summed E-state index contributed by atoms with van der Waals surface area (Å²) in [6, 6.07) is 10.7. The minimum atomic E-state index is -4.46. The zero-order chi connectivity index (χ0) is 19.2. The molecule has 0 unspecified atom stereocenters. The van der Waals surface area contributed by atoms with Crippen LogP contribution in [0.2, 0.25) is 0 Å². The molecule has 0 radical (unpaired) electrons. The van der Waals surface area contributed by atoms with Crippen LogP contribution in [0.4, 0.5) is 13.2 Å². The molecule has 0 saturated carbocycles. The van der Waals surface area contributed by atoms with E-state index in [1.165, 1.54) is 13.2 Å². The number of ether oxygens (including phenoxy) is 1. The number of carboxylic acid groups (broad SMARTS) is 1. The summed E-state index contributed by atoms with van der Waals surface area (Å²) >= 11 is 0. The molecule has 2 aromatic carbocycles. The maximum Gasteiger partial charge on any atom is 0.419 e. The summed E-state index contributed by atoms with van der Waals surface area (Å²) < 4.78 is 44.0. The van der Waals surface area contributed by atoms with Crippen LogP contribution in [-0.2, 0) is 19.0 Å². The molecule has 2 N–H and O–H groups in total. The topological polar surface area (TPSA) is 58.6 Å². The highest BCUT2D eigenvalue weighted by molar-refractivity contribution is 5.89. The quantitative estimate of drug-likeness (QED) is 0.697. The van der Waals surface area contributed by atoms with Gasteiger partial charge in [0.05, 0.1) is 18.2 Å². The fourth-order valence-electron chi connectivity index (χ4n) is 2.76. The molecule has 26 heavy (non-hydrogen) atoms. The predicted octanol–water partition coefficient (Wildman–Crippen LogP) is 3.79. The molecule has 0 aromatic heterocycles. The molecule has 0 heterocycles. The minimum Gasteiger partial charge on any atom is -0.496 e. The van der Waals surface area contributed by atoms with Crippen LogP contribution in [0.15, 0.2) is 42.5 Å².